The Balaban J connectivity index is 0.00000162. The van der Waals surface area contributed by atoms with Gasteiger partial charge in [-0.05, 0) is 56.0 Å². The number of piperidine rings is 1. The Morgan fingerprint density at radius 3 is 2.44 bits per heavy atom. The molecule has 0 saturated carbocycles. The van der Waals surface area contributed by atoms with Crippen LogP contribution in [0, 0.1) is 5.92 Å². The Morgan fingerprint density at radius 1 is 1.17 bits per heavy atom. The number of aliphatic hydroxyl groups is 1. The Labute approximate surface area is 115 Å². The van der Waals surface area contributed by atoms with Crippen LogP contribution in [0.5, 0.6) is 5.75 Å². The first-order valence-corrected chi connectivity index (χ1v) is 6.42. The van der Waals surface area contributed by atoms with Crippen LogP contribution in [0.3, 0.4) is 0 Å². The molecule has 1 aromatic rings. The van der Waals surface area contributed by atoms with E-state index >= 15 is 0 Å². The number of halogens is 1. The van der Waals surface area contributed by atoms with Crippen molar-refractivity contribution in [1.82, 2.24) is 5.32 Å². The maximum atomic E-state index is 8.67. The van der Waals surface area contributed by atoms with Gasteiger partial charge in [-0.25, -0.2) is 0 Å². The van der Waals surface area contributed by atoms with Gasteiger partial charge in [0.2, 0.25) is 0 Å². The number of rotatable bonds is 5. The highest BCUT2D eigenvalue weighted by molar-refractivity contribution is 5.85. The van der Waals surface area contributed by atoms with Crippen molar-refractivity contribution in [2.45, 2.75) is 19.3 Å². The zero-order chi connectivity index (χ0) is 11.9. The summed E-state index contributed by atoms with van der Waals surface area (Å²) < 4.78 is 5.34. The van der Waals surface area contributed by atoms with Crippen LogP contribution < -0.4 is 10.1 Å². The first-order chi connectivity index (χ1) is 8.38. The second kappa shape index (κ2) is 8.35. The molecule has 0 aromatic heterocycles. The van der Waals surface area contributed by atoms with Gasteiger partial charge in [-0.15, -0.1) is 12.4 Å². The number of aliphatic hydroxyl groups excluding tert-OH is 1. The fraction of sp³-hybridized carbons (Fsp3) is 0.571. The molecule has 102 valence electrons. The summed E-state index contributed by atoms with van der Waals surface area (Å²) >= 11 is 0. The van der Waals surface area contributed by atoms with Crippen molar-refractivity contribution >= 4 is 12.4 Å². The van der Waals surface area contributed by atoms with E-state index < -0.39 is 0 Å². The Kier molecular flexibility index (Phi) is 7.09. The molecule has 0 unspecified atom stereocenters. The summed E-state index contributed by atoms with van der Waals surface area (Å²) in [5, 5.41) is 12.1. The fourth-order valence-electron chi connectivity index (χ4n) is 2.30. The number of benzene rings is 1. The summed E-state index contributed by atoms with van der Waals surface area (Å²) in [5.41, 5.74) is 1.38. The molecule has 1 aromatic carbocycles. The summed E-state index contributed by atoms with van der Waals surface area (Å²) in [5.74, 6) is 1.66. The van der Waals surface area contributed by atoms with Crippen molar-refractivity contribution in [3.63, 3.8) is 0 Å². The van der Waals surface area contributed by atoms with Gasteiger partial charge in [-0.1, -0.05) is 12.1 Å². The number of hydrogen-bond donors (Lipinski definition) is 2. The van der Waals surface area contributed by atoms with Crippen LogP contribution in [0.15, 0.2) is 24.3 Å². The highest BCUT2D eigenvalue weighted by Crippen LogP contribution is 2.20. The van der Waals surface area contributed by atoms with E-state index in [9.17, 15) is 0 Å². The van der Waals surface area contributed by atoms with Crippen LogP contribution in [0.25, 0.3) is 0 Å². The summed E-state index contributed by atoms with van der Waals surface area (Å²) in [7, 11) is 0. The van der Waals surface area contributed by atoms with E-state index in [2.05, 4.69) is 17.4 Å². The van der Waals surface area contributed by atoms with Crippen LogP contribution >= 0.6 is 12.4 Å². The molecule has 4 heteroatoms. The molecule has 2 rings (SSSR count). The van der Waals surface area contributed by atoms with Crippen LogP contribution in [0.1, 0.15) is 18.4 Å². The first-order valence-electron chi connectivity index (χ1n) is 6.42. The van der Waals surface area contributed by atoms with E-state index in [1.165, 1.54) is 24.8 Å². The van der Waals surface area contributed by atoms with Gasteiger partial charge in [0.05, 0.1) is 6.61 Å². The van der Waals surface area contributed by atoms with E-state index in [1.807, 2.05) is 12.1 Å². The maximum Gasteiger partial charge on any atom is 0.119 e. The molecule has 3 nitrogen and oxygen atoms in total. The maximum absolute atomic E-state index is 8.67. The van der Waals surface area contributed by atoms with E-state index in [1.54, 1.807) is 0 Å². The van der Waals surface area contributed by atoms with Crippen molar-refractivity contribution in [2.24, 2.45) is 5.92 Å². The van der Waals surface area contributed by atoms with Crippen molar-refractivity contribution in [3.8, 4) is 5.75 Å². The second-order valence-corrected chi connectivity index (χ2v) is 4.61. The van der Waals surface area contributed by atoms with Crippen LogP contribution in [0.2, 0.25) is 0 Å². The minimum Gasteiger partial charge on any atom is -0.491 e. The molecule has 1 aliphatic heterocycles. The van der Waals surface area contributed by atoms with Gasteiger partial charge >= 0.3 is 0 Å². The topological polar surface area (TPSA) is 41.5 Å². The largest absolute Gasteiger partial charge is 0.491 e. The van der Waals surface area contributed by atoms with Crippen LogP contribution in [-0.4, -0.2) is 31.4 Å². The quantitative estimate of drug-likeness (QED) is 0.861. The normalized spacial score (nSPS) is 16.1. The molecule has 1 fully saturated rings. The molecule has 0 aliphatic carbocycles. The number of hydrogen-bond acceptors (Lipinski definition) is 3. The van der Waals surface area contributed by atoms with Crippen molar-refractivity contribution in [2.75, 3.05) is 26.3 Å². The van der Waals surface area contributed by atoms with E-state index in [0.717, 1.165) is 24.8 Å². The molecule has 0 spiro atoms. The van der Waals surface area contributed by atoms with E-state index in [-0.39, 0.29) is 19.0 Å². The first kappa shape index (κ1) is 15.3. The lowest BCUT2D eigenvalue weighted by Gasteiger charge is -2.22. The average Bonchev–Trinajstić information content (AvgIpc) is 2.39. The molecule has 18 heavy (non-hydrogen) atoms. The van der Waals surface area contributed by atoms with Crippen LogP contribution in [-0.2, 0) is 6.42 Å². The summed E-state index contributed by atoms with van der Waals surface area (Å²) in [6.07, 6.45) is 3.73. The SMILES string of the molecule is Cl.OCCOc1ccc(CC2CCNCC2)cc1. The van der Waals surface area contributed by atoms with Gasteiger partial charge in [-0.3, -0.25) is 0 Å². The van der Waals surface area contributed by atoms with Gasteiger partial charge in [-0.2, -0.15) is 0 Å². The number of nitrogens with one attached hydrogen (secondary N) is 1. The summed E-state index contributed by atoms with van der Waals surface area (Å²) in [6, 6.07) is 8.25. The highest BCUT2D eigenvalue weighted by Gasteiger charge is 2.13. The van der Waals surface area contributed by atoms with Gasteiger partial charge < -0.3 is 15.2 Å². The number of ether oxygens (including phenoxy) is 1. The molecule has 1 aliphatic rings. The third kappa shape index (κ3) is 4.84. The Morgan fingerprint density at radius 2 is 1.83 bits per heavy atom. The van der Waals surface area contributed by atoms with Gasteiger partial charge in [0, 0.05) is 0 Å². The van der Waals surface area contributed by atoms with Gasteiger partial charge in [0.25, 0.3) is 0 Å². The second-order valence-electron chi connectivity index (χ2n) is 4.61. The molecular weight excluding hydrogens is 250 g/mol. The molecule has 1 saturated heterocycles. The molecular formula is C14H22ClNO2. The Bertz CT molecular complexity index is 323. The zero-order valence-electron chi connectivity index (χ0n) is 10.6. The molecule has 2 N–H and O–H groups in total. The van der Waals surface area contributed by atoms with Crippen molar-refractivity contribution < 1.29 is 9.84 Å². The average molecular weight is 272 g/mol. The monoisotopic (exact) mass is 271 g/mol. The van der Waals surface area contributed by atoms with E-state index in [4.69, 9.17) is 9.84 Å². The molecule has 0 bridgehead atoms. The van der Waals surface area contributed by atoms with Crippen LogP contribution in [0.4, 0.5) is 0 Å². The smallest absolute Gasteiger partial charge is 0.119 e. The summed E-state index contributed by atoms with van der Waals surface area (Å²) in [4.78, 5) is 0. The predicted molar refractivity (Wildman–Crippen MR) is 75.6 cm³/mol. The minimum atomic E-state index is 0. The standard InChI is InChI=1S/C14H21NO2.ClH/c16-9-10-17-14-3-1-12(2-4-14)11-13-5-7-15-8-6-13;/h1-4,13,15-16H,5-11H2;1H. The molecule has 0 amide bonds. The van der Waals surface area contributed by atoms with Gasteiger partial charge in [0.1, 0.15) is 12.4 Å². The van der Waals surface area contributed by atoms with E-state index in [0.29, 0.717) is 6.61 Å². The molecule has 1 heterocycles. The fourth-order valence-corrected chi connectivity index (χ4v) is 2.30. The minimum absolute atomic E-state index is 0. The zero-order valence-corrected chi connectivity index (χ0v) is 11.4. The van der Waals surface area contributed by atoms with Gasteiger partial charge in [0.15, 0.2) is 0 Å². The summed E-state index contributed by atoms with van der Waals surface area (Å²) in [6.45, 7) is 2.75. The highest BCUT2D eigenvalue weighted by atomic mass is 35.5. The third-order valence-electron chi connectivity index (χ3n) is 3.27. The third-order valence-corrected chi connectivity index (χ3v) is 3.27. The van der Waals surface area contributed by atoms with Crippen molar-refractivity contribution in [1.29, 1.82) is 0 Å². The Hall–Kier alpha value is -0.770. The molecule has 0 radical (unpaired) electrons. The lowest BCUT2D eigenvalue weighted by molar-refractivity contribution is 0.201. The predicted octanol–water partition coefficient (Wildman–Crippen LogP) is 2.02. The lowest BCUT2D eigenvalue weighted by atomic mass is 9.91. The lowest BCUT2D eigenvalue weighted by Crippen LogP contribution is -2.28. The van der Waals surface area contributed by atoms with Crippen molar-refractivity contribution in [3.05, 3.63) is 29.8 Å². The molecule has 0 atom stereocenters.